The zero-order valence-electron chi connectivity index (χ0n) is 14.9. The van der Waals surface area contributed by atoms with Gasteiger partial charge in [0.05, 0.1) is 11.9 Å². The van der Waals surface area contributed by atoms with E-state index < -0.39 is 5.97 Å². The van der Waals surface area contributed by atoms with Gasteiger partial charge in [0.15, 0.2) is 6.61 Å². The molecule has 4 rings (SSSR count). The van der Waals surface area contributed by atoms with Crippen LogP contribution < -0.4 is 0 Å². The summed E-state index contributed by atoms with van der Waals surface area (Å²) in [6.07, 6.45) is 1.77. The maximum absolute atomic E-state index is 12.6. The molecular weight excluding hydrogens is 340 g/mol. The lowest BCUT2D eigenvalue weighted by Crippen LogP contribution is -2.16. The van der Waals surface area contributed by atoms with Gasteiger partial charge in [-0.3, -0.25) is 14.6 Å². The number of para-hydroxylation sites is 2. The highest BCUT2D eigenvalue weighted by Crippen LogP contribution is 2.22. The van der Waals surface area contributed by atoms with E-state index in [1.807, 2.05) is 61.5 Å². The molecule has 0 saturated heterocycles. The van der Waals surface area contributed by atoms with Crippen molar-refractivity contribution >= 4 is 33.6 Å². The van der Waals surface area contributed by atoms with E-state index in [9.17, 15) is 9.59 Å². The van der Waals surface area contributed by atoms with Crippen molar-refractivity contribution in [3.05, 3.63) is 77.6 Å². The van der Waals surface area contributed by atoms with Gasteiger partial charge in [-0.15, -0.1) is 0 Å². The Morgan fingerprint density at radius 2 is 1.85 bits per heavy atom. The molecule has 0 radical (unpaired) electrons. The van der Waals surface area contributed by atoms with E-state index in [-0.39, 0.29) is 18.8 Å². The van der Waals surface area contributed by atoms with Crippen molar-refractivity contribution in [3.63, 3.8) is 0 Å². The number of aryl methyl sites for hydroxylation is 1. The Bertz CT molecular complexity index is 1160. The van der Waals surface area contributed by atoms with Crippen LogP contribution in [0.15, 0.2) is 60.8 Å². The number of hydrogen-bond donors (Lipinski definition) is 1. The lowest BCUT2D eigenvalue weighted by atomic mass is 10.1. The topological polar surface area (TPSA) is 72.1 Å². The average molecular weight is 358 g/mol. The van der Waals surface area contributed by atoms with Crippen LogP contribution in [0, 0.1) is 6.92 Å². The van der Waals surface area contributed by atoms with Gasteiger partial charge >= 0.3 is 5.97 Å². The van der Waals surface area contributed by atoms with Crippen molar-refractivity contribution < 1.29 is 14.3 Å². The number of esters is 1. The van der Waals surface area contributed by atoms with Crippen LogP contribution >= 0.6 is 0 Å². The lowest BCUT2D eigenvalue weighted by molar-refractivity contribution is -0.141. The van der Waals surface area contributed by atoms with Crippen LogP contribution in [0.5, 0.6) is 0 Å². The van der Waals surface area contributed by atoms with Crippen LogP contribution in [0.1, 0.15) is 21.6 Å². The number of aromatic amines is 1. The fourth-order valence-electron chi connectivity index (χ4n) is 3.37. The normalized spacial score (nSPS) is 11.0. The van der Waals surface area contributed by atoms with Gasteiger partial charge in [-0.05, 0) is 24.6 Å². The molecule has 0 spiro atoms. The molecule has 1 N–H and O–H groups in total. The highest BCUT2D eigenvalue weighted by atomic mass is 16.5. The fourth-order valence-corrected chi connectivity index (χ4v) is 3.37. The number of ketones is 1. The molecule has 0 aliphatic rings. The molecule has 0 bridgehead atoms. The molecule has 0 fully saturated rings. The molecule has 134 valence electrons. The minimum Gasteiger partial charge on any atom is -0.457 e. The van der Waals surface area contributed by atoms with E-state index in [1.54, 1.807) is 6.20 Å². The highest BCUT2D eigenvalue weighted by molar-refractivity contribution is 6.10. The Balaban J connectivity index is 1.47. The third kappa shape index (κ3) is 3.31. The predicted molar refractivity (Wildman–Crippen MR) is 104 cm³/mol. The summed E-state index contributed by atoms with van der Waals surface area (Å²) >= 11 is 0. The van der Waals surface area contributed by atoms with Crippen LogP contribution in [0.25, 0.3) is 21.8 Å². The van der Waals surface area contributed by atoms with E-state index in [4.69, 9.17) is 4.74 Å². The second-order valence-corrected chi connectivity index (χ2v) is 6.42. The van der Waals surface area contributed by atoms with Gasteiger partial charge in [-0.25, -0.2) is 0 Å². The molecule has 2 aromatic carbocycles. The predicted octanol–water partition coefficient (Wildman–Crippen LogP) is 3.99. The molecule has 0 aliphatic carbocycles. The number of carbonyl (C=O) groups excluding carboxylic acids is 2. The number of pyridine rings is 1. The largest absolute Gasteiger partial charge is 0.457 e. The van der Waals surface area contributed by atoms with Crippen molar-refractivity contribution in [2.24, 2.45) is 0 Å². The fraction of sp³-hybridized carbons (Fsp3) is 0.136. The van der Waals surface area contributed by atoms with E-state index in [2.05, 4.69) is 9.97 Å². The second kappa shape index (κ2) is 7.03. The molecule has 0 unspecified atom stereocenters. The van der Waals surface area contributed by atoms with E-state index in [0.29, 0.717) is 5.56 Å². The maximum Gasteiger partial charge on any atom is 0.310 e. The van der Waals surface area contributed by atoms with Crippen LogP contribution in [0.2, 0.25) is 0 Å². The van der Waals surface area contributed by atoms with Crippen molar-refractivity contribution in [2.45, 2.75) is 13.3 Å². The van der Waals surface area contributed by atoms with E-state index >= 15 is 0 Å². The number of carbonyl (C=O) groups is 2. The van der Waals surface area contributed by atoms with Gasteiger partial charge in [0.2, 0.25) is 5.78 Å². The van der Waals surface area contributed by atoms with Gasteiger partial charge in [0.1, 0.15) is 0 Å². The van der Waals surface area contributed by atoms with Crippen molar-refractivity contribution in [2.75, 3.05) is 6.61 Å². The summed E-state index contributed by atoms with van der Waals surface area (Å²) in [5, 5.41) is 1.81. The summed E-state index contributed by atoms with van der Waals surface area (Å²) in [6, 6.07) is 17.1. The number of benzene rings is 2. The quantitative estimate of drug-likeness (QED) is 0.432. The third-order valence-corrected chi connectivity index (χ3v) is 4.59. The monoisotopic (exact) mass is 358 g/mol. The number of H-pyrrole nitrogens is 1. The van der Waals surface area contributed by atoms with Gasteiger partial charge in [0, 0.05) is 33.7 Å². The van der Waals surface area contributed by atoms with Gasteiger partial charge in [-0.1, -0.05) is 42.5 Å². The summed E-state index contributed by atoms with van der Waals surface area (Å²) in [5.41, 5.74) is 3.80. The number of fused-ring (bicyclic) bond motifs is 2. The number of rotatable bonds is 5. The smallest absolute Gasteiger partial charge is 0.310 e. The molecule has 2 aromatic heterocycles. The number of ether oxygens (including phenoxy) is 1. The van der Waals surface area contributed by atoms with Crippen LogP contribution in [0.4, 0.5) is 0 Å². The summed E-state index contributed by atoms with van der Waals surface area (Å²) in [4.78, 5) is 32.4. The second-order valence-electron chi connectivity index (χ2n) is 6.42. The van der Waals surface area contributed by atoms with Crippen molar-refractivity contribution in [3.8, 4) is 0 Å². The highest BCUT2D eigenvalue weighted by Gasteiger charge is 2.18. The number of nitrogens with zero attached hydrogens (tertiary/aromatic N) is 1. The molecule has 0 aliphatic heterocycles. The van der Waals surface area contributed by atoms with Crippen LogP contribution in [0.3, 0.4) is 0 Å². The minimum absolute atomic E-state index is 0.0779. The number of Topliss-reactive ketones (excluding diaryl/α,β-unsaturated/α-hetero) is 1. The average Bonchev–Trinajstić information content (AvgIpc) is 3.02. The summed E-state index contributed by atoms with van der Waals surface area (Å²) < 4.78 is 5.25. The molecule has 27 heavy (non-hydrogen) atoms. The first kappa shape index (κ1) is 17.0. The number of aromatic nitrogens is 2. The summed E-state index contributed by atoms with van der Waals surface area (Å²) in [5.74, 6) is -0.659. The lowest BCUT2D eigenvalue weighted by Gasteiger charge is -2.07. The molecule has 4 aromatic rings. The minimum atomic E-state index is -0.445. The van der Waals surface area contributed by atoms with Crippen molar-refractivity contribution in [1.29, 1.82) is 0 Å². The molecule has 5 heteroatoms. The first-order valence-corrected chi connectivity index (χ1v) is 8.72. The van der Waals surface area contributed by atoms with Crippen LogP contribution in [-0.2, 0) is 16.0 Å². The number of hydrogen-bond acceptors (Lipinski definition) is 4. The molecule has 2 heterocycles. The molecule has 0 amide bonds. The standard InChI is InChI=1S/C22H18N2O3/c1-14-21(17-9-2-3-10-18(17)24-14)19(25)13-27-20(26)12-16-7-4-6-15-8-5-11-23-22(15)16/h2-11,24H,12-13H2,1H3. The van der Waals surface area contributed by atoms with Gasteiger partial charge in [0.25, 0.3) is 0 Å². The van der Waals surface area contributed by atoms with E-state index in [0.717, 1.165) is 33.1 Å². The molecule has 0 saturated carbocycles. The zero-order valence-corrected chi connectivity index (χ0v) is 14.9. The Kier molecular flexibility index (Phi) is 4.42. The SMILES string of the molecule is Cc1[nH]c2ccccc2c1C(=O)COC(=O)Cc1cccc2cccnc12. The zero-order chi connectivity index (χ0) is 18.8. The van der Waals surface area contributed by atoms with Crippen molar-refractivity contribution in [1.82, 2.24) is 9.97 Å². The molecule has 0 atom stereocenters. The first-order valence-electron chi connectivity index (χ1n) is 8.72. The third-order valence-electron chi connectivity index (χ3n) is 4.59. The number of nitrogens with one attached hydrogen (secondary N) is 1. The van der Waals surface area contributed by atoms with Gasteiger partial charge in [-0.2, -0.15) is 0 Å². The molecular formula is C22H18N2O3. The first-order chi connectivity index (χ1) is 13.1. The Hall–Kier alpha value is -3.47. The van der Waals surface area contributed by atoms with Crippen LogP contribution in [-0.4, -0.2) is 28.3 Å². The Labute approximate surface area is 156 Å². The Morgan fingerprint density at radius 3 is 2.74 bits per heavy atom. The summed E-state index contributed by atoms with van der Waals surface area (Å²) in [7, 11) is 0. The molecule has 5 nitrogen and oxygen atoms in total. The maximum atomic E-state index is 12.6. The Morgan fingerprint density at radius 1 is 1.04 bits per heavy atom. The van der Waals surface area contributed by atoms with E-state index in [1.165, 1.54) is 0 Å². The van der Waals surface area contributed by atoms with Gasteiger partial charge < -0.3 is 9.72 Å². The summed E-state index contributed by atoms with van der Waals surface area (Å²) in [6.45, 7) is 1.57.